The van der Waals surface area contributed by atoms with E-state index < -0.39 is 9.84 Å². The zero-order valence-corrected chi connectivity index (χ0v) is 12.6. The van der Waals surface area contributed by atoms with E-state index in [4.69, 9.17) is 9.84 Å². The fourth-order valence-corrected chi connectivity index (χ4v) is 3.88. The molecule has 0 aliphatic heterocycles. The van der Waals surface area contributed by atoms with Gasteiger partial charge in [-0.25, -0.2) is 8.42 Å². The maximum Gasteiger partial charge on any atom is 0.150 e. The van der Waals surface area contributed by atoms with E-state index in [1.807, 2.05) is 24.3 Å². The molecule has 0 spiro atoms. The Hall–Kier alpha value is -1.07. The molecular formula is C15H22O4S. The van der Waals surface area contributed by atoms with E-state index in [-0.39, 0.29) is 18.0 Å². The zero-order valence-electron chi connectivity index (χ0n) is 11.8. The second kappa shape index (κ2) is 6.59. The predicted octanol–water partition coefficient (Wildman–Crippen LogP) is 1.96. The Balaban J connectivity index is 2.06. The van der Waals surface area contributed by atoms with Crippen LogP contribution in [0.4, 0.5) is 0 Å². The fraction of sp³-hybridized carbons (Fsp3) is 0.600. The number of aliphatic hydroxyl groups excluding tert-OH is 1. The van der Waals surface area contributed by atoms with Crippen molar-refractivity contribution >= 4 is 9.84 Å². The van der Waals surface area contributed by atoms with Crippen LogP contribution in [0.2, 0.25) is 0 Å². The molecule has 0 heterocycles. The van der Waals surface area contributed by atoms with Crippen molar-refractivity contribution in [1.82, 2.24) is 0 Å². The molecule has 2 unspecified atom stereocenters. The summed E-state index contributed by atoms with van der Waals surface area (Å²) in [6.45, 7) is 0.0804. The molecule has 1 aliphatic rings. The van der Waals surface area contributed by atoms with E-state index >= 15 is 0 Å². The van der Waals surface area contributed by atoms with Gasteiger partial charge in [0.15, 0.2) is 0 Å². The molecule has 0 amide bonds. The van der Waals surface area contributed by atoms with Crippen molar-refractivity contribution in [3.05, 3.63) is 29.8 Å². The van der Waals surface area contributed by atoms with Crippen molar-refractivity contribution in [2.75, 3.05) is 12.9 Å². The first-order chi connectivity index (χ1) is 9.50. The Labute approximate surface area is 120 Å². The van der Waals surface area contributed by atoms with E-state index in [0.717, 1.165) is 30.6 Å². The van der Waals surface area contributed by atoms with Crippen LogP contribution in [0.1, 0.15) is 31.2 Å². The summed E-state index contributed by atoms with van der Waals surface area (Å²) in [5.74, 6) is 0.765. The SMILES string of the molecule is CS(=O)(=O)C1CCCC(Oc2ccccc2CCO)C1. The van der Waals surface area contributed by atoms with Crippen LogP contribution in [-0.4, -0.2) is 37.7 Å². The third-order valence-electron chi connectivity index (χ3n) is 3.83. The van der Waals surface area contributed by atoms with Gasteiger partial charge in [0.25, 0.3) is 0 Å². The highest BCUT2D eigenvalue weighted by Crippen LogP contribution is 2.29. The van der Waals surface area contributed by atoms with Crippen molar-refractivity contribution in [2.24, 2.45) is 0 Å². The number of ether oxygens (including phenoxy) is 1. The van der Waals surface area contributed by atoms with Crippen LogP contribution < -0.4 is 4.74 Å². The highest BCUT2D eigenvalue weighted by atomic mass is 32.2. The Morgan fingerprint density at radius 2 is 2.05 bits per heavy atom. The third-order valence-corrected chi connectivity index (χ3v) is 5.47. The number of sulfone groups is 1. The summed E-state index contributed by atoms with van der Waals surface area (Å²) in [5, 5.41) is 8.78. The molecular weight excluding hydrogens is 276 g/mol. The lowest BCUT2D eigenvalue weighted by Gasteiger charge is -2.29. The Bertz CT molecular complexity index is 539. The minimum Gasteiger partial charge on any atom is -0.490 e. The van der Waals surface area contributed by atoms with Gasteiger partial charge < -0.3 is 9.84 Å². The van der Waals surface area contributed by atoms with Crippen LogP contribution in [-0.2, 0) is 16.3 Å². The molecule has 1 N–H and O–H groups in total. The van der Waals surface area contributed by atoms with Crippen LogP contribution >= 0.6 is 0 Å². The minimum atomic E-state index is -2.99. The summed E-state index contributed by atoms with van der Waals surface area (Å²) >= 11 is 0. The molecule has 0 bridgehead atoms. The number of aliphatic hydroxyl groups is 1. The minimum absolute atomic E-state index is 0.0525. The van der Waals surface area contributed by atoms with E-state index in [9.17, 15) is 8.42 Å². The molecule has 5 heteroatoms. The lowest BCUT2D eigenvalue weighted by molar-refractivity contribution is 0.154. The average molecular weight is 298 g/mol. The smallest absolute Gasteiger partial charge is 0.150 e. The average Bonchev–Trinajstić information content (AvgIpc) is 2.41. The molecule has 0 saturated heterocycles. The molecule has 1 aliphatic carbocycles. The zero-order chi connectivity index (χ0) is 14.6. The first kappa shape index (κ1) is 15.3. The summed E-state index contributed by atoms with van der Waals surface area (Å²) < 4.78 is 29.3. The largest absolute Gasteiger partial charge is 0.490 e. The summed E-state index contributed by atoms with van der Waals surface area (Å²) in [5.41, 5.74) is 0.969. The van der Waals surface area contributed by atoms with Gasteiger partial charge in [-0.3, -0.25) is 0 Å². The number of benzene rings is 1. The van der Waals surface area contributed by atoms with Crippen molar-refractivity contribution in [1.29, 1.82) is 0 Å². The van der Waals surface area contributed by atoms with Crippen molar-refractivity contribution in [3.8, 4) is 5.75 Å². The molecule has 1 saturated carbocycles. The van der Waals surface area contributed by atoms with E-state index in [0.29, 0.717) is 12.8 Å². The fourth-order valence-electron chi connectivity index (χ4n) is 2.72. The van der Waals surface area contributed by atoms with Gasteiger partial charge in [-0.1, -0.05) is 18.2 Å². The van der Waals surface area contributed by atoms with Crippen molar-refractivity contribution < 1.29 is 18.3 Å². The van der Waals surface area contributed by atoms with E-state index in [2.05, 4.69) is 0 Å². The molecule has 1 aromatic carbocycles. The molecule has 112 valence electrons. The monoisotopic (exact) mass is 298 g/mol. The van der Waals surface area contributed by atoms with Crippen molar-refractivity contribution in [2.45, 2.75) is 43.5 Å². The molecule has 2 rings (SSSR count). The lowest BCUT2D eigenvalue weighted by atomic mass is 9.97. The third kappa shape index (κ3) is 3.96. The van der Waals surface area contributed by atoms with Crippen LogP contribution in [0.15, 0.2) is 24.3 Å². The molecule has 0 radical (unpaired) electrons. The van der Waals surface area contributed by atoms with E-state index in [1.54, 1.807) is 0 Å². The molecule has 1 aromatic rings. The summed E-state index contributed by atoms with van der Waals surface area (Å²) in [6, 6.07) is 7.63. The summed E-state index contributed by atoms with van der Waals surface area (Å²) in [4.78, 5) is 0. The maximum absolute atomic E-state index is 11.7. The molecule has 4 nitrogen and oxygen atoms in total. The standard InChI is InChI=1S/C15H22O4S/c1-20(17,18)14-7-4-6-13(11-14)19-15-8-3-2-5-12(15)9-10-16/h2-3,5,8,13-14,16H,4,6-7,9-11H2,1H3. The summed E-state index contributed by atoms with van der Waals surface area (Å²) in [7, 11) is -2.99. The summed E-state index contributed by atoms with van der Waals surface area (Å²) in [6.07, 6.45) is 4.87. The van der Waals surface area contributed by atoms with Crippen LogP contribution in [0, 0.1) is 0 Å². The molecule has 2 atom stereocenters. The van der Waals surface area contributed by atoms with Gasteiger partial charge >= 0.3 is 0 Å². The molecule has 0 aromatic heterocycles. The number of para-hydroxylation sites is 1. The van der Waals surface area contributed by atoms with Gasteiger partial charge in [0, 0.05) is 19.3 Å². The van der Waals surface area contributed by atoms with Crippen LogP contribution in [0.3, 0.4) is 0 Å². The quantitative estimate of drug-likeness (QED) is 0.902. The van der Waals surface area contributed by atoms with Gasteiger partial charge in [-0.05, 0) is 37.3 Å². The highest BCUT2D eigenvalue weighted by Gasteiger charge is 2.30. The van der Waals surface area contributed by atoms with Gasteiger partial charge in [0.2, 0.25) is 0 Å². The van der Waals surface area contributed by atoms with Crippen LogP contribution in [0.5, 0.6) is 5.75 Å². The second-order valence-electron chi connectivity index (χ2n) is 5.44. The number of rotatable bonds is 5. The topological polar surface area (TPSA) is 63.6 Å². The normalized spacial score (nSPS) is 23.5. The van der Waals surface area contributed by atoms with Crippen molar-refractivity contribution in [3.63, 3.8) is 0 Å². The first-order valence-corrected chi connectivity index (χ1v) is 9.00. The lowest BCUT2D eigenvalue weighted by Crippen LogP contribution is -2.33. The van der Waals surface area contributed by atoms with Gasteiger partial charge in [0.1, 0.15) is 15.6 Å². The molecule has 1 fully saturated rings. The van der Waals surface area contributed by atoms with Gasteiger partial charge in [-0.15, -0.1) is 0 Å². The van der Waals surface area contributed by atoms with Crippen LogP contribution in [0.25, 0.3) is 0 Å². The Morgan fingerprint density at radius 1 is 1.30 bits per heavy atom. The number of hydrogen-bond donors (Lipinski definition) is 1. The second-order valence-corrected chi connectivity index (χ2v) is 7.77. The molecule has 20 heavy (non-hydrogen) atoms. The Morgan fingerprint density at radius 3 is 2.75 bits per heavy atom. The first-order valence-electron chi connectivity index (χ1n) is 7.05. The number of hydrogen-bond acceptors (Lipinski definition) is 4. The van der Waals surface area contributed by atoms with Gasteiger partial charge in [0.05, 0.1) is 11.4 Å². The predicted molar refractivity (Wildman–Crippen MR) is 78.7 cm³/mol. The van der Waals surface area contributed by atoms with E-state index in [1.165, 1.54) is 6.26 Å². The highest BCUT2D eigenvalue weighted by molar-refractivity contribution is 7.91. The maximum atomic E-state index is 11.7. The van der Waals surface area contributed by atoms with Gasteiger partial charge in [-0.2, -0.15) is 0 Å². The Kier molecular flexibility index (Phi) is 5.05.